The van der Waals surface area contributed by atoms with E-state index in [2.05, 4.69) is 9.97 Å². The van der Waals surface area contributed by atoms with Crippen LogP contribution in [0, 0.1) is 0 Å². The molecule has 0 saturated carbocycles. The van der Waals surface area contributed by atoms with Crippen LogP contribution in [0.25, 0.3) is 10.6 Å². The molecule has 2 aromatic rings. The van der Waals surface area contributed by atoms with E-state index in [0.29, 0.717) is 0 Å². The van der Waals surface area contributed by atoms with Crippen LogP contribution < -0.4 is 0 Å². The first-order valence-corrected chi connectivity index (χ1v) is 5.17. The van der Waals surface area contributed by atoms with Gasteiger partial charge in [-0.1, -0.05) is 0 Å². The van der Waals surface area contributed by atoms with Gasteiger partial charge in [-0.15, -0.1) is 11.3 Å². The SMILES string of the molecule is OCc1ccc(-c2ccnc(Cl)n2)s1. The molecule has 0 fully saturated rings. The van der Waals surface area contributed by atoms with Gasteiger partial charge in [0.2, 0.25) is 5.28 Å². The zero-order valence-electron chi connectivity index (χ0n) is 7.14. The van der Waals surface area contributed by atoms with Gasteiger partial charge in [-0.25, -0.2) is 9.97 Å². The molecule has 0 radical (unpaired) electrons. The van der Waals surface area contributed by atoms with Crippen LogP contribution in [-0.4, -0.2) is 15.1 Å². The van der Waals surface area contributed by atoms with E-state index in [1.54, 1.807) is 12.3 Å². The average molecular weight is 227 g/mol. The fourth-order valence-corrected chi connectivity index (χ4v) is 2.06. The Labute approximate surface area is 90.0 Å². The maximum atomic E-state index is 8.90. The van der Waals surface area contributed by atoms with Crippen molar-refractivity contribution in [1.29, 1.82) is 0 Å². The first-order chi connectivity index (χ1) is 6.79. The van der Waals surface area contributed by atoms with Crippen molar-refractivity contribution in [2.24, 2.45) is 0 Å². The molecule has 14 heavy (non-hydrogen) atoms. The Morgan fingerprint density at radius 3 is 2.86 bits per heavy atom. The van der Waals surface area contributed by atoms with Crippen molar-refractivity contribution in [3.8, 4) is 10.6 Å². The largest absolute Gasteiger partial charge is 0.391 e. The molecular formula is C9H7ClN2OS. The lowest BCUT2D eigenvalue weighted by molar-refractivity contribution is 0.285. The van der Waals surface area contributed by atoms with E-state index in [-0.39, 0.29) is 11.9 Å². The van der Waals surface area contributed by atoms with E-state index in [0.717, 1.165) is 15.4 Å². The van der Waals surface area contributed by atoms with E-state index < -0.39 is 0 Å². The predicted octanol–water partition coefficient (Wildman–Crippen LogP) is 2.35. The topological polar surface area (TPSA) is 46.0 Å². The summed E-state index contributed by atoms with van der Waals surface area (Å²) in [6, 6.07) is 5.57. The molecule has 72 valence electrons. The Morgan fingerprint density at radius 2 is 2.21 bits per heavy atom. The molecular weight excluding hydrogens is 220 g/mol. The molecule has 0 spiro atoms. The molecule has 3 nitrogen and oxygen atoms in total. The molecule has 0 saturated heterocycles. The number of rotatable bonds is 2. The van der Waals surface area contributed by atoms with Gasteiger partial charge in [-0.3, -0.25) is 0 Å². The van der Waals surface area contributed by atoms with Gasteiger partial charge < -0.3 is 5.11 Å². The zero-order chi connectivity index (χ0) is 9.97. The minimum absolute atomic E-state index is 0.0590. The summed E-state index contributed by atoms with van der Waals surface area (Å²) < 4.78 is 0. The van der Waals surface area contributed by atoms with E-state index in [4.69, 9.17) is 16.7 Å². The monoisotopic (exact) mass is 226 g/mol. The summed E-state index contributed by atoms with van der Waals surface area (Å²) >= 11 is 7.16. The highest BCUT2D eigenvalue weighted by atomic mass is 35.5. The molecule has 0 atom stereocenters. The van der Waals surface area contributed by atoms with Crippen LogP contribution in [0.2, 0.25) is 5.28 Å². The van der Waals surface area contributed by atoms with Crippen molar-refractivity contribution in [3.63, 3.8) is 0 Å². The highest BCUT2D eigenvalue weighted by Crippen LogP contribution is 2.26. The number of halogens is 1. The van der Waals surface area contributed by atoms with Crippen molar-refractivity contribution in [2.45, 2.75) is 6.61 Å². The van der Waals surface area contributed by atoms with Crippen LogP contribution >= 0.6 is 22.9 Å². The van der Waals surface area contributed by atoms with Crippen molar-refractivity contribution in [2.75, 3.05) is 0 Å². The Balaban J connectivity index is 2.39. The van der Waals surface area contributed by atoms with Crippen LogP contribution in [-0.2, 0) is 6.61 Å². The van der Waals surface area contributed by atoms with Gasteiger partial charge in [0, 0.05) is 11.1 Å². The molecule has 0 unspecified atom stereocenters. The van der Waals surface area contributed by atoms with E-state index in [1.165, 1.54) is 11.3 Å². The highest BCUT2D eigenvalue weighted by molar-refractivity contribution is 7.15. The summed E-state index contributed by atoms with van der Waals surface area (Å²) in [5.41, 5.74) is 0.787. The van der Waals surface area contributed by atoms with Crippen molar-refractivity contribution >= 4 is 22.9 Å². The number of aromatic nitrogens is 2. The number of hydrogen-bond donors (Lipinski definition) is 1. The normalized spacial score (nSPS) is 10.4. The molecule has 0 amide bonds. The Hall–Kier alpha value is -0.970. The molecule has 0 bridgehead atoms. The van der Waals surface area contributed by atoms with Crippen LogP contribution in [0.1, 0.15) is 4.88 Å². The maximum Gasteiger partial charge on any atom is 0.222 e. The second kappa shape index (κ2) is 4.04. The molecule has 2 rings (SSSR count). The number of aliphatic hydroxyl groups excluding tert-OH is 1. The predicted molar refractivity (Wildman–Crippen MR) is 56.3 cm³/mol. The summed E-state index contributed by atoms with van der Waals surface area (Å²) in [5.74, 6) is 0. The maximum absolute atomic E-state index is 8.90. The van der Waals surface area contributed by atoms with E-state index in [1.807, 2.05) is 12.1 Å². The summed E-state index contributed by atoms with van der Waals surface area (Å²) in [4.78, 5) is 9.77. The molecule has 2 aromatic heterocycles. The van der Waals surface area contributed by atoms with E-state index >= 15 is 0 Å². The summed E-state index contributed by atoms with van der Waals surface area (Å²) in [6.07, 6.45) is 1.61. The number of thiophene rings is 1. The third-order valence-electron chi connectivity index (χ3n) is 1.70. The Morgan fingerprint density at radius 1 is 1.36 bits per heavy atom. The lowest BCUT2D eigenvalue weighted by Gasteiger charge is -1.95. The quantitative estimate of drug-likeness (QED) is 0.800. The van der Waals surface area contributed by atoms with Crippen molar-refractivity contribution in [1.82, 2.24) is 9.97 Å². The second-order valence-electron chi connectivity index (χ2n) is 2.63. The van der Waals surface area contributed by atoms with Gasteiger partial charge in [0.25, 0.3) is 0 Å². The minimum atomic E-state index is 0.0590. The van der Waals surface area contributed by atoms with E-state index in [9.17, 15) is 0 Å². The highest BCUT2D eigenvalue weighted by Gasteiger charge is 2.04. The van der Waals surface area contributed by atoms with Crippen molar-refractivity contribution in [3.05, 3.63) is 34.6 Å². The number of aliphatic hydroxyl groups is 1. The molecule has 0 aliphatic heterocycles. The lowest BCUT2D eigenvalue weighted by atomic mass is 10.3. The van der Waals surface area contributed by atoms with Crippen LogP contribution in [0.3, 0.4) is 0 Å². The number of nitrogens with zero attached hydrogens (tertiary/aromatic N) is 2. The van der Waals surface area contributed by atoms with Gasteiger partial charge in [-0.2, -0.15) is 0 Å². The van der Waals surface area contributed by atoms with Gasteiger partial charge in [0.1, 0.15) is 0 Å². The summed E-state index contributed by atoms with van der Waals surface area (Å²) in [6.45, 7) is 0.0590. The first kappa shape index (κ1) is 9.58. The first-order valence-electron chi connectivity index (χ1n) is 3.98. The third-order valence-corrected chi connectivity index (χ3v) is 2.97. The van der Waals surface area contributed by atoms with Crippen LogP contribution in [0.15, 0.2) is 24.4 Å². The Bertz CT molecular complexity index is 444. The molecule has 0 aliphatic carbocycles. The average Bonchev–Trinajstić information content (AvgIpc) is 2.66. The van der Waals surface area contributed by atoms with Crippen LogP contribution in [0.4, 0.5) is 0 Å². The second-order valence-corrected chi connectivity index (χ2v) is 4.14. The minimum Gasteiger partial charge on any atom is -0.391 e. The zero-order valence-corrected chi connectivity index (χ0v) is 8.72. The fraction of sp³-hybridized carbons (Fsp3) is 0.111. The fourth-order valence-electron chi connectivity index (χ4n) is 1.07. The third kappa shape index (κ3) is 1.92. The smallest absolute Gasteiger partial charge is 0.222 e. The van der Waals surface area contributed by atoms with Gasteiger partial charge in [0.15, 0.2) is 0 Å². The molecule has 2 heterocycles. The van der Waals surface area contributed by atoms with Gasteiger partial charge in [-0.05, 0) is 29.8 Å². The summed E-state index contributed by atoms with van der Waals surface area (Å²) in [5, 5.41) is 9.14. The summed E-state index contributed by atoms with van der Waals surface area (Å²) in [7, 11) is 0. The molecule has 1 N–H and O–H groups in total. The van der Waals surface area contributed by atoms with Gasteiger partial charge >= 0.3 is 0 Å². The van der Waals surface area contributed by atoms with Gasteiger partial charge in [0.05, 0.1) is 17.2 Å². The standard InChI is InChI=1S/C9H7ClN2OS/c10-9-11-4-3-7(12-9)8-2-1-6(5-13)14-8/h1-4,13H,5H2. The lowest BCUT2D eigenvalue weighted by Crippen LogP contribution is -1.83. The van der Waals surface area contributed by atoms with Crippen molar-refractivity contribution < 1.29 is 5.11 Å². The van der Waals surface area contributed by atoms with Crippen LogP contribution in [0.5, 0.6) is 0 Å². The molecule has 0 aliphatic rings. The Kier molecular flexibility index (Phi) is 2.77. The number of hydrogen-bond acceptors (Lipinski definition) is 4. The molecule has 0 aromatic carbocycles. The molecule has 5 heteroatoms.